The van der Waals surface area contributed by atoms with Gasteiger partial charge >= 0.3 is 0 Å². The van der Waals surface area contributed by atoms with E-state index in [4.69, 9.17) is 16.3 Å². The molecule has 25 heavy (non-hydrogen) atoms. The Morgan fingerprint density at radius 2 is 1.64 bits per heavy atom. The Labute approximate surface area is 154 Å². The van der Waals surface area contributed by atoms with Crippen LogP contribution in [0.3, 0.4) is 0 Å². The number of benzene rings is 3. The predicted octanol–water partition coefficient (Wildman–Crippen LogP) is 5.77. The summed E-state index contributed by atoms with van der Waals surface area (Å²) in [6.07, 6.45) is 0. The number of halogens is 1. The van der Waals surface area contributed by atoms with Crippen LogP contribution >= 0.6 is 11.6 Å². The topological polar surface area (TPSA) is 21.3 Å². The van der Waals surface area contributed by atoms with Gasteiger partial charge in [-0.25, -0.2) is 0 Å². The van der Waals surface area contributed by atoms with E-state index < -0.39 is 0 Å². The molecule has 1 N–H and O–H groups in total. The SMILES string of the molecule is CC(NCc1ccc(OCc2cccc(Cl)c2)cc1)c1ccccc1. The van der Waals surface area contributed by atoms with E-state index in [0.717, 1.165) is 22.9 Å². The lowest BCUT2D eigenvalue weighted by molar-refractivity contribution is 0.306. The van der Waals surface area contributed by atoms with E-state index >= 15 is 0 Å². The lowest BCUT2D eigenvalue weighted by Crippen LogP contribution is -2.17. The van der Waals surface area contributed by atoms with Gasteiger partial charge in [-0.05, 0) is 47.9 Å². The van der Waals surface area contributed by atoms with Gasteiger partial charge in [-0.1, -0.05) is 66.2 Å². The van der Waals surface area contributed by atoms with Crippen molar-refractivity contribution in [3.63, 3.8) is 0 Å². The molecule has 0 heterocycles. The molecule has 3 aromatic rings. The lowest BCUT2D eigenvalue weighted by atomic mass is 10.1. The first kappa shape index (κ1) is 17.5. The highest BCUT2D eigenvalue weighted by Gasteiger charge is 2.04. The highest BCUT2D eigenvalue weighted by Crippen LogP contribution is 2.17. The van der Waals surface area contributed by atoms with E-state index in [0.29, 0.717) is 12.6 Å². The minimum Gasteiger partial charge on any atom is -0.489 e. The van der Waals surface area contributed by atoms with Gasteiger partial charge in [-0.2, -0.15) is 0 Å². The summed E-state index contributed by atoms with van der Waals surface area (Å²) >= 11 is 5.99. The lowest BCUT2D eigenvalue weighted by Gasteiger charge is -2.14. The molecule has 0 aliphatic rings. The number of nitrogens with one attached hydrogen (secondary N) is 1. The van der Waals surface area contributed by atoms with Crippen LogP contribution in [0.5, 0.6) is 5.75 Å². The van der Waals surface area contributed by atoms with Crippen LogP contribution in [0, 0.1) is 0 Å². The van der Waals surface area contributed by atoms with E-state index in [1.54, 1.807) is 0 Å². The largest absolute Gasteiger partial charge is 0.489 e. The molecule has 0 fully saturated rings. The molecule has 0 aliphatic heterocycles. The smallest absolute Gasteiger partial charge is 0.119 e. The van der Waals surface area contributed by atoms with Crippen molar-refractivity contribution in [3.05, 3.63) is 101 Å². The molecular weight excluding hydrogens is 330 g/mol. The molecule has 3 aromatic carbocycles. The normalized spacial score (nSPS) is 11.9. The number of ether oxygens (including phenoxy) is 1. The van der Waals surface area contributed by atoms with Crippen molar-refractivity contribution in [2.45, 2.75) is 26.1 Å². The number of rotatable bonds is 7. The second-order valence-corrected chi connectivity index (χ2v) is 6.51. The maximum Gasteiger partial charge on any atom is 0.119 e. The molecule has 128 valence electrons. The molecule has 1 unspecified atom stereocenters. The van der Waals surface area contributed by atoms with Crippen molar-refractivity contribution < 1.29 is 4.74 Å². The van der Waals surface area contributed by atoms with Crippen molar-refractivity contribution in [1.82, 2.24) is 5.32 Å². The second kappa shape index (κ2) is 8.70. The number of hydrogen-bond donors (Lipinski definition) is 1. The van der Waals surface area contributed by atoms with Crippen LogP contribution in [-0.2, 0) is 13.2 Å². The average molecular weight is 352 g/mol. The molecule has 0 radical (unpaired) electrons. The molecule has 3 rings (SSSR count). The zero-order chi connectivity index (χ0) is 17.5. The van der Waals surface area contributed by atoms with Gasteiger partial charge in [0.25, 0.3) is 0 Å². The van der Waals surface area contributed by atoms with Crippen LogP contribution in [0.15, 0.2) is 78.9 Å². The molecule has 2 nitrogen and oxygen atoms in total. The summed E-state index contributed by atoms with van der Waals surface area (Å²) in [5.41, 5.74) is 3.59. The van der Waals surface area contributed by atoms with E-state index in [1.807, 2.05) is 42.5 Å². The first-order chi connectivity index (χ1) is 12.2. The van der Waals surface area contributed by atoms with E-state index in [9.17, 15) is 0 Å². The van der Waals surface area contributed by atoms with Crippen LogP contribution in [0.2, 0.25) is 5.02 Å². The molecule has 0 saturated carbocycles. The highest BCUT2D eigenvalue weighted by atomic mass is 35.5. The van der Waals surface area contributed by atoms with Gasteiger partial charge in [-0.15, -0.1) is 0 Å². The zero-order valence-corrected chi connectivity index (χ0v) is 15.0. The summed E-state index contributed by atoms with van der Waals surface area (Å²) in [5.74, 6) is 0.861. The standard InChI is InChI=1S/C22H22ClNO/c1-17(20-7-3-2-4-8-20)24-15-18-10-12-22(13-11-18)25-16-19-6-5-9-21(23)14-19/h2-14,17,24H,15-16H2,1H3. The van der Waals surface area contributed by atoms with Gasteiger partial charge in [0.1, 0.15) is 12.4 Å². The van der Waals surface area contributed by atoms with E-state index in [2.05, 4.69) is 48.6 Å². The minimum atomic E-state index is 0.319. The summed E-state index contributed by atoms with van der Waals surface area (Å²) in [6, 6.07) is 26.7. The van der Waals surface area contributed by atoms with Gasteiger partial charge in [0.05, 0.1) is 0 Å². The van der Waals surface area contributed by atoms with Crippen molar-refractivity contribution in [2.24, 2.45) is 0 Å². The quantitative estimate of drug-likeness (QED) is 0.583. The molecule has 0 bridgehead atoms. The van der Waals surface area contributed by atoms with Crippen molar-refractivity contribution >= 4 is 11.6 Å². The maximum atomic E-state index is 5.99. The van der Waals surface area contributed by atoms with Gasteiger partial charge in [-0.3, -0.25) is 0 Å². The third-order valence-electron chi connectivity index (χ3n) is 4.13. The maximum absolute atomic E-state index is 5.99. The molecule has 0 spiro atoms. The molecule has 0 aromatic heterocycles. The third kappa shape index (κ3) is 5.35. The van der Waals surface area contributed by atoms with E-state index in [-0.39, 0.29) is 0 Å². The van der Waals surface area contributed by atoms with Gasteiger partial charge < -0.3 is 10.1 Å². The van der Waals surface area contributed by atoms with E-state index in [1.165, 1.54) is 11.1 Å². The van der Waals surface area contributed by atoms with Gasteiger partial charge in [0.2, 0.25) is 0 Å². The fourth-order valence-corrected chi connectivity index (χ4v) is 2.84. The molecule has 3 heteroatoms. The van der Waals surface area contributed by atoms with Crippen LogP contribution in [-0.4, -0.2) is 0 Å². The summed E-state index contributed by atoms with van der Waals surface area (Å²) in [4.78, 5) is 0. The van der Waals surface area contributed by atoms with Crippen molar-refractivity contribution in [2.75, 3.05) is 0 Å². The Morgan fingerprint density at radius 1 is 0.880 bits per heavy atom. The Bertz CT molecular complexity index is 787. The minimum absolute atomic E-state index is 0.319. The average Bonchev–Trinajstić information content (AvgIpc) is 2.66. The van der Waals surface area contributed by atoms with Crippen molar-refractivity contribution in [3.8, 4) is 5.75 Å². The Morgan fingerprint density at radius 3 is 2.36 bits per heavy atom. The molecule has 0 aliphatic carbocycles. The highest BCUT2D eigenvalue weighted by molar-refractivity contribution is 6.30. The van der Waals surface area contributed by atoms with Gasteiger partial charge in [0.15, 0.2) is 0 Å². The monoisotopic (exact) mass is 351 g/mol. The first-order valence-electron chi connectivity index (χ1n) is 8.45. The summed E-state index contributed by atoms with van der Waals surface area (Å²) in [6.45, 7) is 3.52. The van der Waals surface area contributed by atoms with Gasteiger partial charge in [0, 0.05) is 17.6 Å². The molecule has 0 amide bonds. The first-order valence-corrected chi connectivity index (χ1v) is 8.83. The third-order valence-corrected chi connectivity index (χ3v) is 4.36. The predicted molar refractivity (Wildman–Crippen MR) is 104 cm³/mol. The van der Waals surface area contributed by atoms with Crippen LogP contribution in [0.1, 0.15) is 29.7 Å². The number of hydrogen-bond acceptors (Lipinski definition) is 2. The fourth-order valence-electron chi connectivity index (χ4n) is 2.63. The zero-order valence-electron chi connectivity index (χ0n) is 14.3. The second-order valence-electron chi connectivity index (χ2n) is 6.08. The molecular formula is C22H22ClNO. The summed E-state index contributed by atoms with van der Waals surface area (Å²) < 4.78 is 5.82. The van der Waals surface area contributed by atoms with Crippen molar-refractivity contribution in [1.29, 1.82) is 0 Å². The molecule has 1 atom stereocenters. The summed E-state index contributed by atoms with van der Waals surface area (Å²) in [5, 5.41) is 4.27. The van der Waals surface area contributed by atoms with Crippen LogP contribution in [0.25, 0.3) is 0 Å². The summed E-state index contributed by atoms with van der Waals surface area (Å²) in [7, 11) is 0. The Hall–Kier alpha value is -2.29. The molecule has 0 saturated heterocycles. The Kier molecular flexibility index (Phi) is 6.10. The fraction of sp³-hybridized carbons (Fsp3) is 0.182. The van der Waals surface area contributed by atoms with Crippen LogP contribution in [0.4, 0.5) is 0 Å². The Balaban J connectivity index is 1.50. The van der Waals surface area contributed by atoms with Crippen LogP contribution < -0.4 is 10.1 Å².